The van der Waals surface area contributed by atoms with E-state index in [2.05, 4.69) is 25.6 Å². The summed E-state index contributed by atoms with van der Waals surface area (Å²) < 4.78 is 4.30. The summed E-state index contributed by atoms with van der Waals surface area (Å²) in [5, 5.41) is 1.26. The van der Waals surface area contributed by atoms with Gasteiger partial charge in [0.25, 0.3) is 0 Å². The van der Waals surface area contributed by atoms with Crippen molar-refractivity contribution in [3.05, 3.63) is 42.5 Å². The maximum Gasteiger partial charge on any atom is 0.364 e. The number of hydrogen-bond donors (Lipinski definition) is 0. The minimum Gasteiger partial charge on any atom is -0.264 e. The van der Waals surface area contributed by atoms with Crippen molar-refractivity contribution in [2.24, 2.45) is 0 Å². The lowest BCUT2D eigenvalue weighted by Gasteiger charge is -1.91. The molecule has 0 fully saturated rings. The first kappa shape index (κ1) is 9.57. The van der Waals surface area contributed by atoms with Crippen molar-refractivity contribution < 1.29 is 4.57 Å². The first-order valence-electron chi connectivity index (χ1n) is 6.00. The molecule has 0 saturated heterocycles. The summed E-state index contributed by atoms with van der Waals surface area (Å²) in [4.78, 5) is 14.3. The third-order valence-corrected chi connectivity index (χ3v) is 4.71. The van der Waals surface area contributed by atoms with Gasteiger partial charge in [0.1, 0.15) is 6.54 Å². The standard InChI is InChI=1S/C13H8N5S/c1-3-15-13-16-10-12(17(13)5-1)19-11-9-2-4-14-6-8(9)7-18(10)11/h1-6H,7H2/q+1. The van der Waals surface area contributed by atoms with Crippen molar-refractivity contribution in [1.82, 2.24) is 19.4 Å². The number of aromatic nitrogens is 5. The highest BCUT2D eigenvalue weighted by Crippen LogP contribution is 2.34. The summed E-state index contributed by atoms with van der Waals surface area (Å²) in [5.41, 5.74) is 3.55. The zero-order valence-electron chi connectivity index (χ0n) is 9.82. The van der Waals surface area contributed by atoms with E-state index in [0.29, 0.717) is 0 Å². The molecule has 19 heavy (non-hydrogen) atoms. The Morgan fingerprint density at radius 1 is 1.32 bits per heavy atom. The smallest absolute Gasteiger partial charge is 0.264 e. The van der Waals surface area contributed by atoms with Crippen molar-refractivity contribution in [2.75, 3.05) is 0 Å². The highest BCUT2D eigenvalue weighted by molar-refractivity contribution is 7.20. The van der Waals surface area contributed by atoms with Gasteiger partial charge in [0.2, 0.25) is 4.83 Å². The predicted molar refractivity (Wildman–Crippen MR) is 70.9 cm³/mol. The minimum absolute atomic E-state index is 0.758. The molecule has 5 nitrogen and oxygen atoms in total. The average Bonchev–Trinajstić information content (AvgIpc) is 3.07. The van der Waals surface area contributed by atoms with Gasteiger partial charge in [0, 0.05) is 40.9 Å². The van der Waals surface area contributed by atoms with E-state index in [-0.39, 0.29) is 0 Å². The third kappa shape index (κ3) is 1.09. The van der Waals surface area contributed by atoms with Crippen LogP contribution in [0.1, 0.15) is 5.56 Å². The molecule has 0 saturated carbocycles. The Morgan fingerprint density at radius 3 is 3.32 bits per heavy atom. The van der Waals surface area contributed by atoms with Crippen LogP contribution in [0.5, 0.6) is 0 Å². The van der Waals surface area contributed by atoms with E-state index in [1.807, 2.05) is 29.1 Å². The van der Waals surface area contributed by atoms with E-state index in [1.54, 1.807) is 17.5 Å². The van der Waals surface area contributed by atoms with Crippen LogP contribution in [0.2, 0.25) is 0 Å². The van der Waals surface area contributed by atoms with Gasteiger partial charge in [-0.05, 0) is 12.1 Å². The Kier molecular flexibility index (Phi) is 1.59. The number of rotatable bonds is 0. The number of imidazole rings is 1. The molecule has 5 rings (SSSR count). The summed E-state index contributed by atoms with van der Waals surface area (Å²) >= 11 is 1.76. The van der Waals surface area contributed by atoms with Gasteiger partial charge >= 0.3 is 11.4 Å². The molecular formula is C13H8N5S+. The van der Waals surface area contributed by atoms with Gasteiger partial charge in [-0.15, -0.1) is 0 Å². The van der Waals surface area contributed by atoms with Gasteiger partial charge in [-0.1, -0.05) is 11.3 Å². The summed E-state index contributed by atoms with van der Waals surface area (Å²) in [7, 11) is 0. The van der Waals surface area contributed by atoms with E-state index in [4.69, 9.17) is 0 Å². The second kappa shape index (κ2) is 3.16. The van der Waals surface area contributed by atoms with Crippen LogP contribution in [0.3, 0.4) is 0 Å². The van der Waals surface area contributed by atoms with E-state index in [1.165, 1.54) is 16.1 Å². The first-order chi connectivity index (χ1) is 9.42. The fraction of sp³-hybridized carbons (Fsp3) is 0.0769. The Morgan fingerprint density at radius 2 is 2.32 bits per heavy atom. The van der Waals surface area contributed by atoms with Crippen LogP contribution in [0.15, 0.2) is 36.9 Å². The number of thiazole rings is 1. The molecule has 0 unspecified atom stereocenters. The largest absolute Gasteiger partial charge is 0.364 e. The molecular weight excluding hydrogens is 258 g/mol. The summed E-state index contributed by atoms with van der Waals surface area (Å²) in [6.45, 7) is 0.850. The monoisotopic (exact) mass is 266 g/mol. The van der Waals surface area contributed by atoms with E-state index < -0.39 is 0 Å². The van der Waals surface area contributed by atoms with Crippen molar-refractivity contribution in [3.8, 4) is 10.6 Å². The van der Waals surface area contributed by atoms with Gasteiger partial charge < -0.3 is 0 Å². The predicted octanol–water partition coefficient (Wildman–Crippen LogP) is 1.66. The molecule has 0 N–H and O–H groups in total. The van der Waals surface area contributed by atoms with Gasteiger partial charge in [0.15, 0.2) is 5.01 Å². The quantitative estimate of drug-likeness (QED) is 0.400. The Hall–Kier alpha value is -2.34. The van der Waals surface area contributed by atoms with Crippen molar-refractivity contribution >= 4 is 27.6 Å². The Bertz CT molecular complexity index is 952. The van der Waals surface area contributed by atoms with Gasteiger partial charge in [-0.25, -0.2) is 8.97 Å². The highest BCUT2D eigenvalue weighted by Gasteiger charge is 2.32. The van der Waals surface area contributed by atoms with Crippen LogP contribution >= 0.6 is 11.3 Å². The number of pyridine rings is 1. The molecule has 4 aromatic heterocycles. The van der Waals surface area contributed by atoms with E-state index >= 15 is 0 Å². The molecule has 1 aliphatic heterocycles. The second-order valence-corrected chi connectivity index (χ2v) is 5.53. The molecule has 0 radical (unpaired) electrons. The fourth-order valence-corrected chi connectivity index (χ4v) is 3.89. The lowest BCUT2D eigenvalue weighted by Crippen LogP contribution is -2.30. The van der Waals surface area contributed by atoms with Gasteiger partial charge in [-0.2, -0.15) is 4.98 Å². The zero-order valence-corrected chi connectivity index (χ0v) is 10.6. The second-order valence-electron chi connectivity index (χ2n) is 4.56. The van der Waals surface area contributed by atoms with Crippen LogP contribution in [0, 0.1) is 0 Å². The Labute approximate surface area is 111 Å². The summed E-state index contributed by atoms with van der Waals surface area (Å²) in [5.74, 6) is 0.758. The molecule has 4 aromatic rings. The number of nitrogens with zero attached hydrogens (tertiary/aromatic N) is 5. The molecule has 0 spiro atoms. The maximum absolute atomic E-state index is 4.63. The van der Waals surface area contributed by atoms with Crippen molar-refractivity contribution in [2.45, 2.75) is 6.54 Å². The first-order valence-corrected chi connectivity index (χ1v) is 6.82. The normalized spacial score (nSPS) is 13.1. The van der Waals surface area contributed by atoms with E-state index in [0.717, 1.165) is 22.8 Å². The van der Waals surface area contributed by atoms with Crippen LogP contribution in [0.4, 0.5) is 0 Å². The summed E-state index contributed by atoms with van der Waals surface area (Å²) in [6.07, 6.45) is 7.57. The molecule has 6 heteroatoms. The lowest BCUT2D eigenvalue weighted by molar-refractivity contribution is -0.643. The molecule has 1 aliphatic rings. The SMILES string of the molecule is c1cnc2nc3c(sc4[n+]3Cc3cnccc3-4)n2c1. The van der Waals surface area contributed by atoms with Gasteiger partial charge in [0.05, 0.1) is 0 Å². The molecule has 0 amide bonds. The van der Waals surface area contributed by atoms with Crippen molar-refractivity contribution in [3.63, 3.8) is 0 Å². The Balaban J connectivity index is 1.93. The maximum atomic E-state index is 4.63. The third-order valence-electron chi connectivity index (χ3n) is 3.50. The molecule has 0 aromatic carbocycles. The molecule has 5 heterocycles. The fourth-order valence-electron chi connectivity index (χ4n) is 2.65. The average molecular weight is 266 g/mol. The molecule has 0 aliphatic carbocycles. The minimum atomic E-state index is 0.758. The number of fused-ring (bicyclic) bond motifs is 7. The van der Waals surface area contributed by atoms with Crippen LogP contribution in [0.25, 0.3) is 26.8 Å². The lowest BCUT2D eigenvalue weighted by atomic mass is 10.2. The molecule has 0 atom stereocenters. The highest BCUT2D eigenvalue weighted by atomic mass is 32.1. The zero-order chi connectivity index (χ0) is 12.4. The van der Waals surface area contributed by atoms with Crippen LogP contribution < -0.4 is 4.57 Å². The topological polar surface area (TPSA) is 47.0 Å². The number of hydrogen-bond acceptors (Lipinski definition) is 4. The molecule has 0 bridgehead atoms. The van der Waals surface area contributed by atoms with Crippen molar-refractivity contribution in [1.29, 1.82) is 0 Å². The van der Waals surface area contributed by atoms with E-state index in [9.17, 15) is 0 Å². The van der Waals surface area contributed by atoms with Gasteiger partial charge in [-0.3, -0.25) is 4.98 Å². The van der Waals surface area contributed by atoms with Crippen LogP contribution in [-0.4, -0.2) is 19.4 Å². The summed E-state index contributed by atoms with van der Waals surface area (Å²) in [6, 6.07) is 4.01. The molecule has 90 valence electrons. The van der Waals surface area contributed by atoms with Crippen LogP contribution in [-0.2, 0) is 6.54 Å².